The van der Waals surface area contributed by atoms with E-state index in [1.807, 2.05) is 6.92 Å². The summed E-state index contributed by atoms with van der Waals surface area (Å²) in [6.07, 6.45) is 5.51. The van der Waals surface area contributed by atoms with Crippen LogP contribution >= 0.6 is 0 Å². The average molecular weight is 329 g/mol. The molecular weight excluding hydrogens is 298 g/mol. The van der Waals surface area contributed by atoms with Gasteiger partial charge in [0.25, 0.3) is 0 Å². The van der Waals surface area contributed by atoms with E-state index in [0.717, 1.165) is 51.9 Å². The van der Waals surface area contributed by atoms with Crippen LogP contribution in [-0.2, 0) is 11.3 Å². The number of carbonyl (C=O) groups excluding carboxylic acids is 1. The molecule has 1 amide bonds. The summed E-state index contributed by atoms with van der Waals surface area (Å²) in [5, 5.41) is 0. The van der Waals surface area contributed by atoms with Gasteiger partial charge in [-0.1, -0.05) is 30.3 Å². The fourth-order valence-corrected chi connectivity index (χ4v) is 4.25. The van der Waals surface area contributed by atoms with Gasteiger partial charge in [0.2, 0.25) is 5.91 Å². The summed E-state index contributed by atoms with van der Waals surface area (Å²) in [5.41, 5.74) is 7.48. The Morgan fingerprint density at radius 3 is 2.71 bits per heavy atom. The Morgan fingerprint density at radius 1 is 1.17 bits per heavy atom. The molecule has 0 saturated carbocycles. The maximum Gasteiger partial charge on any atom is 0.227 e. The van der Waals surface area contributed by atoms with Crippen molar-refractivity contribution in [2.75, 3.05) is 19.6 Å². The molecule has 0 bridgehead atoms. The van der Waals surface area contributed by atoms with Gasteiger partial charge in [-0.25, -0.2) is 0 Å². The second-order valence-corrected chi connectivity index (χ2v) is 7.51. The van der Waals surface area contributed by atoms with Crippen LogP contribution in [0.3, 0.4) is 0 Å². The fraction of sp³-hybridized carbons (Fsp3) is 0.650. The summed E-state index contributed by atoms with van der Waals surface area (Å²) in [4.78, 5) is 17.6. The van der Waals surface area contributed by atoms with Crippen LogP contribution in [0, 0.1) is 5.92 Å². The van der Waals surface area contributed by atoms with E-state index in [9.17, 15) is 4.79 Å². The van der Waals surface area contributed by atoms with E-state index < -0.39 is 0 Å². The van der Waals surface area contributed by atoms with Crippen molar-refractivity contribution in [2.45, 2.75) is 57.7 Å². The van der Waals surface area contributed by atoms with Crippen LogP contribution in [0.25, 0.3) is 0 Å². The first-order valence-corrected chi connectivity index (χ1v) is 9.47. The number of rotatable bonds is 4. The summed E-state index contributed by atoms with van der Waals surface area (Å²) < 4.78 is 0. The minimum atomic E-state index is 0.0678. The van der Waals surface area contributed by atoms with Gasteiger partial charge in [0, 0.05) is 31.7 Å². The van der Waals surface area contributed by atoms with Gasteiger partial charge in [0.05, 0.1) is 5.92 Å². The number of nitrogens with two attached hydrogens (primary N) is 1. The van der Waals surface area contributed by atoms with E-state index in [1.165, 1.54) is 12.0 Å². The Hall–Kier alpha value is -1.39. The van der Waals surface area contributed by atoms with Gasteiger partial charge in [0.15, 0.2) is 0 Å². The van der Waals surface area contributed by atoms with Gasteiger partial charge in [-0.2, -0.15) is 0 Å². The van der Waals surface area contributed by atoms with Crippen molar-refractivity contribution in [1.82, 2.24) is 9.80 Å². The van der Waals surface area contributed by atoms with E-state index in [-0.39, 0.29) is 18.0 Å². The lowest BCUT2D eigenvalue weighted by Gasteiger charge is -2.42. The number of carbonyl (C=O) groups is 1. The van der Waals surface area contributed by atoms with Crippen molar-refractivity contribution in [2.24, 2.45) is 11.7 Å². The average Bonchev–Trinajstić information content (AvgIpc) is 2.62. The molecule has 0 radical (unpaired) electrons. The van der Waals surface area contributed by atoms with E-state index in [1.54, 1.807) is 0 Å². The molecule has 3 unspecified atom stereocenters. The molecule has 1 aromatic rings. The quantitative estimate of drug-likeness (QED) is 0.924. The molecule has 2 fully saturated rings. The molecule has 24 heavy (non-hydrogen) atoms. The van der Waals surface area contributed by atoms with Crippen molar-refractivity contribution < 1.29 is 4.79 Å². The monoisotopic (exact) mass is 329 g/mol. The van der Waals surface area contributed by atoms with Crippen molar-refractivity contribution in [3.8, 4) is 0 Å². The predicted octanol–water partition coefficient (Wildman–Crippen LogP) is 2.63. The zero-order valence-corrected chi connectivity index (χ0v) is 14.9. The van der Waals surface area contributed by atoms with Crippen molar-refractivity contribution >= 4 is 5.91 Å². The van der Waals surface area contributed by atoms with Crippen LogP contribution in [0.1, 0.15) is 44.6 Å². The predicted molar refractivity (Wildman–Crippen MR) is 97.4 cm³/mol. The standard InChI is InChI=1S/C20H31N3O/c1-16(21)19-11-5-6-13-23(19)20(24)18-10-7-12-22(15-18)14-17-8-3-2-4-9-17/h2-4,8-9,16,18-19H,5-7,10-15,21H2,1H3. The first-order chi connectivity index (χ1) is 11.6. The highest BCUT2D eigenvalue weighted by atomic mass is 16.2. The van der Waals surface area contributed by atoms with Crippen LogP contribution < -0.4 is 5.73 Å². The second-order valence-electron chi connectivity index (χ2n) is 7.51. The summed E-state index contributed by atoms with van der Waals surface area (Å²) in [7, 11) is 0. The molecule has 3 rings (SSSR count). The van der Waals surface area contributed by atoms with E-state index >= 15 is 0 Å². The van der Waals surface area contributed by atoms with Crippen LogP contribution in [0.4, 0.5) is 0 Å². The molecule has 2 aliphatic rings. The first-order valence-electron chi connectivity index (χ1n) is 9.47. The minimum absolute atomic E-state index is 0.0678. The Morgan fingerprint density at radius 2 is 1.96 bits per heavy atom. The van der Waals surface area contributed by atoms with Crippen LogP contribution in [0.15, 0.2) is 30.3 Å². The highest BCUT2D eigenvalue weighted by Crippen LogP contribution is 2.26. The summed E-state index contributed by atoms with van der Waals surface area (Å²) in [6.45, 7) is 5.85. The third kappa shape index (κ3) is 4.17. The van der Waals surface area contributed by atoms with E-state index in [4.69, 9.17) is 5.73 Å². The Labute approximate surface area is 146 Å². The molecule has 2 heterocycles. The molecule has 1 aromatic carbocycles. The molecule has 0 aliphatic carbocycles. The van der Waals surface area contributed by atoms with Crippen molar-refractivity contribution in [1.29, 1.82) is 0 Å². The molecule has 2 N–H and O–H groups in total. The molecule has 4 heteroatoms. The number of likely N-dealkylation sites (tertiary alicyclic amines) is 2. The molecule has 2 aliphatic heterocycles. The first kappa shape index (κ1) is 17.4. The molecule has 0 spiro atoms. The summed E-state index contributed by atoms with van der Waals surface area (Å²) in [5.74, 6) is 0.483. The largest absolute Gasteiger partial charge is 0.338 e. The summed E-state index contributed by atoms with van der Waals surface area (Å²) >= 11 is 0. The second kappa shape index (κ2) is 8.13. The van der Waals surface area contributed by atoms with Gasteiger partial charge in [-0.15, -0.1) is 0 Å². The van der Waals surface area contributed by atoms with Crippen molar-refractivity contribution in [3.63, 3.8) is 0 Å². The lowest BCUT2D eigenvalue weighted by Crippen LogP contribution is -2.55. The summed E-state index contributed by atoms with van der Waals surface area (Å²) in [6, 6.07) is 10.9. The van der Waals surface area contributed by atoms with E-state index in [2.05, 4.69) is 40.1 Å². The van der Waals surface area contributed by atoms with Crippen LogP contribution in [0.2, 0.25) is 0 Å². The molecule has 3 atom stereocenters. The molecule has 4 nitrogen and oxygen atoms in total. The SMILES string of the molecule is CC(N)C1CCCCN1C(=O)C1CCCN(Cc2ccccc2)C1. The zero-order valence-electron chi connectivity index (χ0n) is 14.9. The van der Waals surface area contributed by atoms with Crippen LogP contribution in [-0.4, -0.2) is 47.4 Å². The molecule has 0 aromatic heterocycles. The highest BCUT2D eigenvalue weighted by Gasteiger charge is 2.35. The molecule has 132 valence electrons. The van der Waals surface area contributed by atoms with Crippen molar-refractivity contribution in [3.05, 3.63) is 35.9 Å². The van der Waals surface area contributed by atoms with Crippen LogP contribution in [0.5, 0.6) is 0 Å². The third-order valence-electron chi connectivity index (χ3n) is 5.54. The Balaban J connectivity index is 1.62. The number of hydrogen-bond donors (Lipinski definition) is 1. The lowest BCUT2D eigenvalue weighted by molar-refractivity contribution is -0.141. The Kier molecular flexibility index (Phi) is 5.90. The van der Waals surface area contributed by atoms with E-state index in [0.29, 0.717) is 5.91 Å². The zero-order chi connectivity index (χ0) is 16.9. The number of piperidine rings is 2. The Bertz CT molecular complexity index is 531. The topological polar surface area (TPSA) is 49.6 Å². The van der Waals surface area contributed by atoms with Gasteiger partial charge in [-0.05, 0) is 51.1 Å². The highest BCUT2D eigenvalue weighted by molar-refractivity contribution is 5.79. The van der Waals surface area contributed by atoms with Gasteiger partial charge < -0.3 is 10.6 Å². The lowest BCUT2D eigenvalue weighted by atomic mass is 9.91. The normalized spacial score (nSPS) is 27.0. The third-order valence-corrected chi connectivity index (χ3v) is 5.54. The molecular formula is C20H31N3O. The number of nitrogens with zero attached hydrogens (tertiary/aromatic N) is 2. The number of benzene rings is 1. The molecule has 2 saturated heterocycles. The smallest absolute Gasteiger partial charge is 0.227 e. The van der Waals surface area contributed by atoms with Gasteiger partial charge >= 0.3 is 0 Å². The number of hydrogen-bond acceptors (Lipinski definition) is 3. The van der Waals surface area contributed by atoms with Gasteiger partial charge in [-0.3, -0.25) is 9.69 Å². The maximum atomic E-state index is 13.1. The maximum absolute atomic E-state index is 13.1. The fourth-order valence-electron chi connectivity index (χ4n) is 4.25. The van der Waals surface area contributed by atoms with Gasteiger partial charge in [0.1, 0.15) is 0 Å². The number of amides is 1. The minimum Gasteiger partial charge on any atom is -0.338 e.